The third-order valence-electron chi connectivity index (χ3n) is 9.80. The van der Waals surface area contributed by atoms with Crippen LogP contribution in [-0.2, 0) is 19.1 Å². The van der Waals surface area contributed by atoms with Crippen molar-refractivity contribution in [1.82, 2.24) is 0 Å². The van der Waals surface area contributed by atoms with Crippen molar-refractivity contribution in [1.29, 1.82) is 0 Å². The molecule has 3 saturated carbocycles. The predicted molar refractivity (Wildman–Crippen MR) is 128 cm³/mol. The van der Waals surface area contributed by atoms with Crippen LogP contribution in [0.1, 0.15) is 66.7 Å². The Morgan fingerprint density at radius 2 is 1.88 bits per heavy atom. The van der Waals surface area contributed by atoms with E-state index in [2.05, 4.69) is 6.92 Å². The highest BCUT2D eigenvalue weighted by Gasteiger charge is 2.76. The number of halogens is 1. The standard InChI is InChI=1S/C27H37ClO6/c1-6-7-23(33)34-27(22(32)14-29)16(3)11-19-20-10-15(2)18-12-17(30)8-9-24(18,4)26(20,28)21(31)13-25(19,27)5/h8-9,12,15-16,19-21,29,31H,6-7,10-11,13-14H2,1-5H3/t15-,16-,19-,20-,21-,24-,25-,26-,27-/m0/s1. The van der Waals surface area contributed by atoms with Gasteiger partial charge in [0.15, 0.2) is 11.4 Å². The van der Waals surface area contributed by atoms with Gasteiger partial charge >= 0.3 is 5.97 Å². The van der Waals surface area contributed by atoms with Crippen molar-refractivity contribution < 1.29 is 29.3 Å². The Balaban J connectivity index is 1.86. The highest BCUT2D eigenvalue weighted by Crippen LogP contribution is 2.72. The Morgan fingerprint density at radius 1 is 1.21 bits per heavy atom. The number of carbonyl (C=O) groups excluding carboxylic acids is 3. The molecule has 4 aliphatic carbocycles. The number of aliphatic hydroxyl groups excluding tert-OH is 2. The first-order valence-electron chi connectivity index (χ1n) is 12.5. The van der Waals surface area contributed by atoms with Crippen LogP contribution >= 0.6 is 11.6 Å². The summed E-state index contributed by atoms with van der Waals surface area (Å²) in [7, 11) is 0. The Labute approximate surface area is 206 Å². The molecule has 0 aliphatic heterocycles. The first-order chi connectivity index (χ1) is 15.8. The average Bonchev–Trinajstić information content (AvgIpc) is 2.99. The summed E-state index contributed by atoms with van der Waals surface area (Å²) in [6.07, 6.45) is 6.20. The van der Waals surface area contributed by atoms with Crippen LogP contribution in [0.2, 0.25) is 0 Å². The van der Waals surface area contributed by atoms with Gasteiger partial charge in [0, 0.05) is 23.2 Å². The molecular formula is C27H37ClO6. The third-order valence-corrected chi connectivity index (χ3v) is 10.7. The molecule has 0 aromatic carbocycles. The van der Waals surface area contributed by atoms with E-state index in [0.29, 0.717) is 19.3 Å². The Bertz CT molecular complexity index is 972. The summed E-state index contributed by atoms with van der Waals surface area (Å²) < 4.78 is 6.04. The second-order valence-corrected chi connectivity index (χ2v) is 12.1. The van der Waals surface area contributed by atoms with Crippen LogP contribution in [0.3, 0.4) is 0 Å². The molecule has 6 nitrogen and oxygen atoms in total. The second kappa shape index (κ2) is 8.28. The number of alkyl halides is 1. The smallest absolute Gasteiger partial charge is 0.306 e. The first-order valence-corrected chi connectivity index (χ1v) is 12.9. The zero-order valence-corrected chi connectivity index (χ0v) is 21.5. The number of fused-ring (bicyclic) bond motifs is 5. The molecule has 0 unspecified atom stereocenters. The fourth-order valence-corrected chi connectivity index (χ4v) is 8.83. The number of esters is 1. The van der Waals surface area contributed by atoms with E-state index in [1.807, 2.05) is 33.8 Å². The normalized spacial score (nSPS) is 47.4. The van der Waals surface area contributed by atoms with Gasteiger partial charge in [-0.3, -0.25) is 14.4 Å². The minimum absolute atomic E-state index is 0.0619. The number of rotatable bonds is 5. The van der Waals surface area contributed by atoms with Crippen molar-refractivity contribution in [3.8, 4) is 0 Å². The lowest BCUT2D eigenvalue weighted by Gasteiger charge is -2.65. The molecule has 9 atom stereocenters. The maximum absolute atomic E-state index is 13.4. The van der Waals surface area contributed by atoms with E-state index in [-0.39, 0.29) is 42.3 Å². The number of aliphatic hydroxyl groups is 2. The van der Waals surface area contributed by atoms with E-state index >= 15 is 0 Å². The van der Waals surface area contributed by atoms with E-state index in [4.69, 9.17) is 16.3 Å². The van der Waals surface area contributed by atoms with Crippen molar-refractivity contribution in [2.45, 2.75) is 83.3 Å². The molecule has 34 heavy (non-hydrogen) atoms. The Morgan fingerprint density at radius 3 is 2.50 bits per heavy atom. The molecule has 0 heterocycles. The van der Waals surface area contributed by atoms with E-state index in [0.717, 1.165) is 5.57 Å². The summed E-state index contributed by atoms with van der Waals surface area (Å²) >= 11 is 7.50. The van der Waals surface area contributed by atoms with Crippen LogP contribution in [0.15, 0.2) is 23.8 Å². The topological polar surface area (TPSA) is 101 Å². The van der Waals surface area contributed by atoms with Gasteiger partial charge in [0.25, 0.3) is 0 Å². The maximum Gasteiger partial charge on any atom is 0.306 e. The zero-order valence-electron chi connectivity index (χ0n) is 20.8. The van der Waals surface area contributed by atoms with Gasteiger partial charge in [0.1, 0.15) is 6.61 Å². The molecule has 0 aromatic heterocycles. The summed E-state index contributed by atoms with van der Waals surface area (Å²) in [6.45, 7) is 9.04. The molecule has 0 amide bonds. The molecular weight excluding hydrogens is 456 g/mol. The van der Waals surface area contributed by atoms with Gasteiger partial charge in [-0.1, -0.05) is 46.3 Å². The quantitative estimate of drug-likeness (QED) is 0.447. The third kappa shape index (κ3) is 3.04. The van der Waals surface area contributed by atoms with Crippen LogP contribution in [0.4, 0.5) is 0 Å². The van der Waals surface area contributed by atoms with Crippen LogP contribution in [0.5, 0.6) is 0 Å². The average molecular weight is 493 g/mol. The molecule has 0 saturated heterocycles. The van der Waals surface area contributed by atoms with Crippen molar-refractivity contribution in [2.75, 3.05) is 6.61 Å². The summed E-state index contributed by atoms with van der Waals surface area (Å²) in [5.41, 5.74) is -2.19. The van der Waals surface area contributed by atoms with Crippen LogP contribution in [0, 0.1) is 34.5 Å². The van der Waals surface area contributed by atoms with E-state index < -0.39 is 45.8 Å². The molecule has 0 bridgehead atoms. The lowest BCUT2D eigenvalue weighted by molar-refractivity contribution is -0.203. The van der Waals surface area contributed by atoms with Crippen LogP contribution in [-0.4, -0.2) is 50.9 Å². The zero-order chi connectivity index (χ0) is 25.3. The number of carbonyl (C=O) groups is 3. The van der Waals surface area contributed by atoms with Crippen molar-refractivity contribution in [2.24, 2.45) is 34.5 Å². The number of allylic oxidation sites excluding steroid dienone is 4. The molecule has 3 fully saturated rings. The minimum atomic E-state index is -1.52. The summed E-state index contributed by atoms with van der Waals surface area (Å²) in [6, 6.07) is 0. The predicted octanol–water partition coefficient (Wildman–Crippen LogP) is 3.76. The van der Waals surface area contributed by atoms with Gasteiger partial charge < -0.3 is 14.9 Å². The molecule has 2 N–H and O–H groups in total. The van der Waals surface area contributed by atoms with E-state index in [1.54, 1.807) is 6.08 Å². The fraction of sp³-hybridized carbons (Fsp3) is 0.741. The number of Topliss-reactive ketones (excluding diaryl/α,β-unsaturated/α-hetero) is 1. The Kier molecular flexibility index (Phi) is 6.23. The highest BCUT2D eigenvalue weighted by atomic mass is 35.5. The lowest BCUT2D eigenvalue weighted by Crippen LogP contribution is -2.70. The first kappa shape index (κ1) is 25.6. The molecule has 7 heteroatoms. The fourth-order valence-electron chi connectivity index (χ4n) is 8.34. The summed E-state index contributed by atoms with van der Waals surface area (Å²) in [5.74, 6) is -1.61. The van der Waals surface area contributed by atoms with Gasteiger partial charge in [0.05, 0.1) is 11.0 Å². The lowest BCUT2D eigenvalue weighted by atomic mass is 9.44. The van der Waals surface area contributed by atoms with Crippen molar-refractivity contribution in [3.05, 3.63) is 23.8 Å². The van der Waals surface area contributed by atoms with E-state index in [1.165, 1.54) is 6.08 Å². The van der Waals surface area contributed by atoms with Gasteiger partial charge in [-0.05, 0) is 55.6 Å². The van der Waals surface area contributed by atoms with Gasteiger partial charge in [-0.2, -0.15) is 0 Å². The van der Waals surface area contributed by atoms with Crippen LogP contribution in [0.25, 0.3) is 0 Å². The minimum Gasteiger partial charge on any atom is -0.450 e. The largest absolute Gasteiger partial charge is 0.450 e. The maximum atomic E-state index is 13.4. The van der Waals surface area contributed by atoms with Crippen molar-refractivity contribution >= 4 is 29.1 Å². The number of ether oxygens (including phenoxy) is 1. The van der Waals surface area contributed by atoms with Gasteiger partial charge in [-0.25, -0.2) is 0 Å². The Hall–Kier alpha value is -1.50. The van der Waals surface area contributed by atoms with E-state index in [9.17, 15) is 24.6 Å². The van der Waals surface area contributed by atoms with Crippen LogP contribution < -0.4 is 0 Å². The molecule has 0 spiro atoms. The summed E-state index contributed by atoms with van der Waals surface area (Å²) in [4.78, 5) is 37.3. The monoisotopic (exact) mass is 492 g/mol. The molecule has 0 radical (unpaired) electrons. The van der Waals surface area contributed by atoms with Gasteiger partial charge in [-0.15, -0.1) is 11.6 Å². The van der Waals surface area contributed by atoms with Crippen molar-refractivity contribution in [3.63, 3.8) is 0 Å². The molecule has 0 aromatic rings. The summed E-state index contributed by atoms with van der Waals surface area (Å²) in [5, 5.41) is 21.7. The SMILES string of the molecule is CCCC(=O)O[C@]1(C(=O)CO)[C@@H](C)C[C@H]2[C@@H]3C[C@H](C)C4=CC(=O)C=C[C@]4(C)[C@@]3(Cl)[C@@H](O)C[C@@]21C. The highest BCUT2D eigenvalue weighted by molar-refractivity contribution is 6.26. The number of ketones is 2. The van der Waals surface area contributed by atoms with Gasteiger partial charge in [0.2, 0.25) is 5.78 Å². The molecule has 4 aliphatic rings. The number of hydrogen-bond donors (Lipinski definition) is 2. The second-order valence-electron chi connectivity index (χ2n) is 11.5. The number of hydrogen-bond acceptors (Lipinski definition) is 6. The molecule has 188 valence electrons. The molecule has 4 rings (SSSR count).